The highest BCUT2D eigenvalue weighted by Gasteiger charge is 2.29. The zero-order chi connectivity index (χ0) is 22.7. The largest absolute Gasteiger partial charge is 0.301 e. The molecule has 1 aliphatic heterocycles. The van der Waals surface area contributed by atoms with E-state index in [2.05, 4.69) is 27.1 Å². The summed E-state index contributed by atoms with van der Waals surface area (Å²) in [6.45, 7) is 0.679. The number of nitrogens with one attached hydrogen (secondary N) is 1. The predicted octanol–water partition coefficient (Wildman–Crippen LogP) is 3.83. The van der Waals surface area contributed by atoms with E-state index >= 15 is 0 Å². The molecule has 1 fully saturated rings. The normalized spacial score (nSPS) is 16.8. The van der Waals surface area contributed by atoms with E-state index in [4.69, 9.17) is 0 Å². The van der Waals surface area contributed by atoms with Gasteiger partial charge in [0.2, 0.25) is 0 Å². The number of benzene rings is 2. The lowest BCUT2D eigenvalue weighted by Crippen LogP contribution is -2.42. The molecule has 0 spiro atoms. The first-order valence-corrected chi connectivity index (χ1v) is 13.4. The first-order chi connectivity index (χ1) is 16.1. The molecule has 8 heteroatoms. The second-order valence-corrected chi connectivity index (χ2v) is 10.8. The van der Waals surface area contributed by atoms with E-state index in [1.807, 2.05) is 41.0 Å². The average Bonchev–Trinajstić information content (AvgIpc) is 3.23. The lowest BCUT2D eigenvalue weighted by atomic mass is 9.85. The van der Waals surface area contributed by atoms with Crippen molar-refractivity contribution in [1.82, 2.24) is 19.5 Å². The highest BCUT2D eigenvalue weighted by molar-refractivity contribution is 7.90. The highest BCUT2D eigenvalue weighted by Crippen LogP contribution is 2.33. The molecule has 174 valence electrons. The van der Waals surface area contributed by atoms with Crippen LogP contribution < -0.4 is 9.03 Å². The van der Waals surface area contributed by atoms with Gasteiger partial charge in [-0.2, -0.15) is 13.1 Å². The Kier molecular flexibility index (Phi) is 6.46. The van der Waals surface area contributed by atoms with Crippen LogP contribution in [0.1, 0.15) is 49.1 Å². The van der Waals surface area contributed by atoms with Crippen molar-refractivity contribution in [1.29, 1.82) is 0 Å². The van der Waals surface area contributed by atoms with Crippen molar-refractivity contribution in [2.45, 2.75) is 51.4 Å². The standard InChI is InChI=1S/C25H31N5O2S/c31-33(32,27-15-13-20-7-3-1-4-8-20)30-16-14-25-28-26-19-29(25)24-18-22(11-12-23(24)30)17-21-9-5-2-6-10-21/h1,3-4,7-8,11-12,18-19,21,27H,2,5-6,9-10,13-17H2. The number of aromatic nitrogens is 3. The van der Waals surface area contributed by atoms with E-state index < -0.39 is 10.2 Å². The van der Waals surface area contributed by atoms with E-state index in [-0.39, 0.29) is 0 Å². The third-order valence-corrected chi connectivity index (χ3v) is 8.33. The lowest BCUT2D eigenvalue weighted by Gasteiger charge is -2.26. The van der Waals surface area contributed by atoms with Crippen LogP contribution in [0.5, 0.6) is 0 Å². The van der Waals surface area contributed by atoms with Gasteiger partial charge in [0.1, 0.15) is 12.2 Å². The second-order valence-electron chi connectivity index (χ2n) is 9.11. The van der Waals surface area contributed by atoms with Crippen LogP contribution in [0.3, 0.4) is 0 Å². The number of anilines is 1. The van der Waals surface area contributed by atoms with Gasteiger partial charge >= 0.3 is 10.2 Å². The van der Waals surface area contributed by atoms with Gasteiger partial charge in [-0.05, 0) is 42.0 Å². The Morgan fingerprint density at radius 1 is 0.970 bits per heavy atom. The smallest absolute Gasteiger partial charge is 0.283 e. The maximum atomic E-state index is 13.3. The van der Waals surface area contributed by atoms with Gasteiger partial charge in [-0.25, -0.2) is 0 Å². The molecular formula is C25H31N5O2S. The molecule has 0 atom stereocenters. The van der Waals surface area contributed by atoms with Crippen molar-refractivity contribution in [3.63, 3.8) is 0 Å². The molecule has 0 saturated heterocycles. The maximum absolute atomic E-state index is 13.3. The average molecular weight is 466 g/mol. The Morgan fingerprint density at radius 3 is 2.61 bits per heavy atom. The fraction of sp³-hybridized carbons (Fsp3) is 0.440. The minimum absolute atomic E-state index is 0.328. The molecule has 0 amide bonds. The summed E-state index contributed by atoms with van der Waals surface area (Å²) in [5, 5.41) is 8.34. The molecule has 7 nitrogen and oxygen atoms in total. The van der Waals surface area contributed by atoms with E-state index in [9.17, 15) is 8.42 Å². The molecule has 1 saturated carbocycles. The summed E-state index contributed by atoms with van der Waals surface area (Å²) in [6, 6.07) is 16.1. The van der Waals surface area contributed by atoms with Gasteiger partial charge in [-0.15, -0.1) is 10.2 Å². The van der Waals surface area contributed by atoms with Crippen LogP contribution in [0.25, 0.3) is 5.69 Å². The van der Waals surface area contributed by atoms with E-state index in [1.165, 1.54) is 42.0 Å². The molecule has 33 heavy (non-hydrogen) atoms. The van der Waals surface area contributed by atoms with Gasteiger partial charge in [-0.1, -0.05) is 68.5 Å². The van der Waals surface area contributed by atoms with Gasteiger partial charge in [0.15, 0.2) is 0 Å². The Balaban J connectivity index is 1.40. The number of rotatable bonds is 7. The summed E-state index contributed by atoms with van der Waals surface area (Å²) >= 11 is 0. The number of hydrogen-bond acceptors (Lipinski definition) is 4. The van der Waals surface area contributed by atoms with Crippen LogP contribution in [-0.4, -0.2) is 36.3 Å². The van der Waals surface area contributed by atoms with Crippen LogP contribution in [0.15, 0.2) is 54.9 Å². The minimum atomic E-state index is -3.70. The summed E-state index contributed by atoms with van der Waals surface area (Å²) in [5.74, 6) is 1.50. The fourth-order valence-electron chi connectivity index (χ4n) is 5.07. The first-order valence-electron chi connectivity index (χ1n) is 11.9. The summed E-state index contributed by atoms with van der Waals surface area (Å²) in [4.78, 5) is 0. The topological polar surface area (TPSA) is 80.1 Å². The third kappa shape index (κ3) is 4.96. The van der Waals surface area contributed by atoms with Gasteiger partial charge in [0.05, 0.1) is 11.4 Å². The van der Waals surface area contributed by atoms with Gasteiger partial charge in [0.25, 0.3) is 0 Å². The van der Waals surface area contributed by atoms with Gasteiger partial charge in [-0.3, -0.25) is 8.87 Å². The SMILES string of the molecule is O=S(=O)(NCCc1ccccc1)N1CCc2nncn2-c2cc(CC3CCCCC3)ccc21. The molecule has 0 bridgehead atoms. The number of nitrogens with zero attached hydrogens (tertiary/aromatic N) is 4. The molecule has 1 aromatic heterocycles. The van der Waals surface area contributed by atoms with Crippen molar-refractivity contribution in [2.24, 2.45) is 5.92 Å². The van der Waals surface area contributed by atoms with Crippen molar-refractivity contribution in [2.75, 3.05) is 17.4 Å². The summed E-state index contributed by atoms with van der Waals surface area (Å²) in [7, 11) is -3.70. The van der Waals surface area contributed by atoms with Gasteiger partial charge in [0, 0.05) is 19.5 Å². The molecule has 2 aromatic carbocycles. The molecule has 1 N–H and O–H groups in total. The Morgan fingerprint density at radius 2 is 1.79 bits per heavy atom. The van der Waals surface area contributed by atoms with Gasteiger partial charge < -0.3 is 0 Å². The Hall–Kier alpha value is -2.71. The van der Waals surface area contributed by atoms with E-state index in [1.54, 1.807) is 6.33 Å². The summed E-state index contributed by atoms with van der Waals surface area (Å²) < 4.78 is 32.9. The highest BCUT2D eigenvalue weighted by atomic mass is 32.2. The monoisotopic (exact) mass is 465 g/mol. The number of hydrogen-bond donors (Lipinski definition) is 1. The summed E-state index contributed by atoms with van der Waals surface area (Å²) in [6.07, 6.45) is 10.4. The van der Waals surface area contributed by atoms with E-state index in [0.29, 0.717) is 37.5 Å². The van der Waals surface area contributed by atoms with Crippen LogP contribution in [0, 0.1) is 5.92 Å². The van der Waals surface area contributed by atoms with Crippen molar-refractivity contribution in [3.05, 3.63) is 71.8 Å². The van der Waals surface area contributed by atoms with Crippen molar-refractivity contribution in [3.8, 4) is 5.69 Å². The maximum Gasteiger partial charge on any atom is 0.301 e. The zero-order valence-electron chi connectivity index (χ0n) is 18.9. The molecule has 5 rings (SSSR count). The molecule has 2 heterocycles. The quantitative estimate of drug-likeness (QED) is 0.575. The molecule has 0 unspecified atom stereocenters. The van der Waals surface area contributed by atoms with E-state index in [0.717, 1.165) is 23.5 Å². The molecular weight excluding hydrogens is 434 g/mol. The van der Waals surface area contributed by atoms with Crippen LogP contribution in [0.2, 0.25) is 0 Å². The lowest BCUT2D eigenvalue weighted by molar-refractivity contribution is 0.356. The zero-order valence-corrected chi connectivity index (χ0v) is 19.7. The fourth-order valence-corrected chi connectivity index (χ4v) is 6.33. The predicted molar refractivity (Wildman–Crippen MR) is 130 cm³/mol. The minimum Gasteiger partial charge on any atom is -0.283 e. The number of fused-ring (bicyclic) bond motifs is 3. The summed E-state index contributed by atoms with van der Waals surface area (Å²) in [5.41, 5.74) is 3.87. The Bertz CT molecular complexity index is 1190. The van der Waals surface area contributed by atoms with Crippen molar-refractivity contribution < 1.29 is 8.42 Å². The van der Waals surface area contributed by atoms with Crippen LogP contribution in [0.4, 0.5) is 5.69 Å². The third-order valence-electron chi connectivity index (χ3n) is 6.81. The second kappa shape index (κ2) is 9.65. The molecule has 2 aliphatic rings. The molecule has 1 aliphatic carbocycles. The first kappa shape index (κ1) is 22.1. The van der Waals surface area contributed by atoms with Crippen LogP contribution in [-0.2, 0) is 29.5 Å². The molecule has 0 radical (unpaired) electrons. The molecule has 3 aromatic rings. The van der Waals surface area contributed by atoms with Crippen molar-refractivity contribution >= 4 is 15.9 Å². The van der Waals surface area contributed by atoms with Crippen LogP contribution >= 0.6 is 0 Å². The Labute approximate surface area is 196 Å².